The number of urea groups is 1. The van der Waals surface area contributed by atoms with E-state index in [9.17, 15) is 14.7 Å². The summed E-state index contributed by atoms with van der Waals surface area (Å²) in [5.74, 6) is -0.841. The van der Waals surface area contributed by atoms with Crippen molar-refractivity contribution in [3.63, 3.8) is 0 Å². The summed E-state index contributed by atoms with van der Waals surface area (Å²) in [5.41, 5.74) is 11.5. The summed E-state index contributed by atoms with van der Waals surface area (Å²) in [5, 5.41) is 10.4. The molecule has 0 unspecified atom stereocenters. The normalized spacial score (nSPS) is 10.7. The SMILES string of the molecule is NC(=O)C=Cc1cccc(N(C(N)=O)c2ccccc2Br)c1O. The van der Waals surface area contributed by atoms with Gasteiger partial charge in [0.1, 0.15) is 5.75 Å². The van der Waals surface area contributed by atoms with Crippen LogP contribution < -0.4 is 16.4 Å². The van der Waals surface area contributed by atoms with Crippen LogP contribution in [-0.4, -0.2) is 17.0 Å². The van der Waals surface area contributed by atoms with Crippen LogP contribution in [0.5, 0.6) is 5.75 Å². The molecule has 3 amide bonds. The van der Waals surface area contributed by atoms with Gasteiger partial charge in [0, 0.05) is 16.1 Å². The number of primary amides is 2. The summed E-state index contributed by atoms with van der Waals surface area (Å²) in [6, 6.07) is 11.0. The van der Waals surface area contributed by atoms with E-state index in [2.05, 4.69) is 15.9 Å². The summed E-state index contributed by atoms with van der Waals surface area (Å²) in [4.78, 5) is 23.9. The topological polar surface area (TPSA) is 110 Å². The Morgan fingerprint density at radius 2 is 1.70 bits per heavy atom. The van der Waals surface area contributed by atoms with Gasteiger partial charge in [0.25, 0.3) is 0 Å². The summed E-state index contributed by atoms with van der Waals surface area (Å²) in [6.07, 6.45) is 2.48. The van der Waals surface area contributed by atoms with Crippen molar-refractivity contribution in [2.24, 2.45) is 11.5 Å². The lowest BCUT2D eigenvalue weighted by Crippen LogP contribution is -2.31. The van der Waals surface area contributed by atoms with Crippen molar-refractivity contribution in [1.29, 1.82) is 0 Å². The number of halogens is 1. The minimum atomic E-state index is -0.761. The Kier molecular flexibility index (Phi) is 5.02. The Labute approximate surface area is 141 Å². The van der Waals surface area contributed by atoms with E-state index in [0.29, 0.717) is 15.7 Å². The third kappa shape index (κ3) is 3.70. The molecule has 0 spiro atoms. The van der Waals surface area contributed by atoms with Gasteiger partial charge in [0.15, 0.2) is 0 Å². The first-order chi connectivity index (χ1) is 10.9. The van der Waals surface area contributed by atoms with E-state index in [0.717, 1.165) is 6.08 Å². The molecule has 0 aliphatic rings. The lowest BCUT2D eigenvalue weighted by atomic mass is 10.1. The highest BCUT2D eigenvalue weighted by Crippen LogP contribution is 2.38. The summed E-state index contributed by atoms with van der Waals surface area (Å²) < 4.78 is 0.635. The van der Waals surface area contributed by atoms with Crippen LogP contribution in [0.3, 0.4) is 0 Å². The molecule has 2 rings (SSSR count). The number of anilines is 2. The van der Waals surface area contributed by atoms with Crippen molar-refractivity contribution in [2.45, 2.75) is 0 Å². The molecule has 5 N–H and O–H groups in total. The van der Waals surface area contributed by atoms with Gasteiger partial charge in [-0.3, -0.25) is 9.69 Å². The van der Waals surface area contributed by atoms with Crippen molar-refractivity contribution < 1.29 is 14.7 Å². The van der Waals surface area contributed by atoms with Gasteiger partial charge in [0.2, 0.25) is 5.91 Å². The average Bonchev–Trinajstić information content (AvgIpc) is 2.49. The Morgan fingerprint density at radius 1 is 1.04 bits per heavy atom. The zero-order chi connectivity index (χ0) is 17.0. The molecule has 0 radical (unpaired) electrons. The zero-order valence-corrected chi connectivity index (χ0v) is 13.5. The first kappa shape index (κ1) is 16.6. The van der Waals surface area contributed by atoms with Gasteiger partial charge in [0.05, 0.1) is 11.4 Å². The highest BCUT2D eigenvalue weighted by Gasteiger charge is 2.21. The molecule has 6 nitrogen and oxygen atoms in total. The number of aromatic hydroxyl groups is 1. The standard InChI is InChI=1S/C16H14BrN3O3/c17-11-5-1-2-6-12(11)20(16(19)23)13-7-3-4-10(15(13)22)8-9-14(18)21/h1-9,22H,(H2,18,21)(H2,19,23). The number of phenolic OH excluding ortho intramolecular Hbond substituents is 1. The van der Waals surface area contributed by atoms with E-state index in [-0.39, 0.29) is 11.4 Å². The van der Waals surface area contributed by atoms with E-state index < -0.39 is 11.9 Å². The smallest absolute Gasteiger partial charge is 0.324 e. The largest absolute Gasteiger partial charge is 0.505 e. The predicted molar refractivity (Wildman–Crippen MR) is 92.2 cm³/mol. The molecule has 118 valence electrons. The molecule has 0 fully saturated rings. The van der Waals surface area contributed by atoms with E-state index in [1.54, 1.807) is 42.5 Å². The van der Waals surface area contributed by atoms with Crippen LogP contribution in [0.15, 0.2) is 53.0 Å². The van der Waals surface area contributed by atoms with Crippen molar-refractivity contribution >= 4 is 45.3 Å². The van der Waals surface area contributed by atoms with Crippen molar-refractivity contribution in [3.05, 3.63) is 58.6 Å². The molecule has 23 heavy (non-hydrogen) atoms. The lowest BCUT2D eigenvalue weighted by molar-refractivity contribution is -0.113. The monoisotopic (exact) mass is 375 g/mol. The van der Waals surface area contributed by atoms with Crippen LogP contribution in [0.1, 0.15) is 5.56 Å². The fourth-order valence-corrected chi connectivity index (χ4v) is 2.50. The quantitative estimate of drug-likeness (QED) is 0.714. The minimum Gasteiger partial charge on any atom is -0.505 e. The molecule has 0 saturated heterocycles. The molecule has 0 saturated carbocycles. The molecule has 0 aliphatic carbocycles. The van der Waals surface area contributed by atoms with Crippen molar-refractivity contribution in [2.75, 3.05) is 4.90 Å². The van der Waals surface area contributed by atoms with E-state index in [1.807, 2.05) is 0 Å². The van der Waals surface area contributed by atoms with Gasteiger partial charge < -0.3 is 16.6 Å². The Balaban J connectivity index is 2.58. The summed E-state index contributed by atoms with van der Waals surface area (Å²) >= 11 is 3.35. The van der Waals surface area contributed by atoms with Crippen molar-refractivity contribution in [1.82, 2.24) is 0 Å². The second-order valence-electron chi connectivity index (χ2n) is 4.58. The van der Waals surface area contributed by atoms with E-state index >= 15 is 0 Å². The number of nitrogens with zero attached hydrogens (tertiary/aromatic N) is 1. The molecule has 0 atom stereocenters. The first-order valence-corrected chi connectivity index (χ1v) is 7.34. The molecular weight excluding hydrogens is 362 g/mol. The number of para-hydroxylation sites is 2. The summed E-state index contributed by atoms with van der Waals surface area (Å²) in [7, 11) is 0. The van der Waals surface area contributed by atoms with E-state index in [4.69, 9.17) is 11.5 Å². The summed E-state index contributed by atoms with van der Waals surface area (Å²) in [6.45, 7) is 0. The maximum absolute atomic E-state index is 11.9. The molecule has 0 aliphatic heterocycles. The molecule has 0 aromatic heterocycles. The Bertz CT molecular complexity index is 790. The van der Waals surface area contributed by atoms with Crippen molar-refractivity contribution in [3.8, 4) is 5.75 Å². The van der Waals surface area contributed by atoms with Gasteiger partial charge in [-0.2, -0.15) is 0 Å². The van der Waals surface area contributed by atoms with Gasteiger partial charge in [-0.1, -0.05) is 24.3 Å². The number of carbonyl (C=O) groups is 2. The number of benzene rings is 2. The van der Waals surface area contributed by atoms with Crippen LogP contribution >= 0.6 is 15.9 Å². The number of rotatable bonds is 4. The maximum Gasteiger partial charge on any atom is 0.324 e. The fourth-order valence-electron chi connectivity index (χ4n) is 2.04. The van der Waals surface area contributed by atoms with Gasteiger partial charge >= 0.3 is 6.03 Å². The third-order valence-corrected chi connectivity index (χ3v) is 3.70. The van der Waals surface area contributed by atoms with Gasteiger partial charge in [-0.05, 0) is 40.2 Å². The molecule has 0 heterocycles. The number of amides is 3. The Morgan fingerprint density at radius 3 is 2.30 bits per heavy atom. The second-order valence-corrected chi connectivity index (χ2v) is 5.43. The molecule has 0 bridgehead atoms. The minimum absolute atomic E-state index is 0.191. The van der Waals surface area contributed by atoms with Crippen LogP contribution in [-0.2, 0) is 4.79 Å². The zero-order valence-electron chi connectivity index (χ0n) is 11.9. The maximum atomic E-state index is 11.9. The number of nitrogens with two attached hydrogens (primary N) is 2. The molecule has 2 aromatic carbocycles. The molecule has 7 heteroatoms. The first-order valence-electron chi connectivity index (χ1n) is 6.55. The van der Waals surface area contributed by atoms with E-state index in [1.165, 1.54) is 11.0 Å². The second kappa shape index (κ2) is 6.97. The average molecular weight is 376 g/mol. The highest BCUT2D eigenvalue weighted by molar-refractivity contribution is 9.10. The predicted octanol–water partition coefficient (Wildman–Crippen LogP) is 2.87. The number of hydrogen-bond donors (Lipinski definition) is 3. The van der Waals surface area contributed by atoms with Crippen LogP contribution in [0.25, 0.3) is 6.08 Å². The van der Waals surface area contributed by atoms with Crippen LogP contribution in [0.4, 0.5) is 16.2 Å². The van der Waals surface area contributed by atoms with Gasteiger partial charge in [-0.15, -0.1) is 0 Å². The number of hydrogen-bond acceptors (Lipinski definition) is 3. The number of phenols is 1. The van der Waals surface area contributed by atoms with Crippen LogP contribution in [0, 0.1) is 0 Å². The third-order valence-electron chi connectivity index (χ3n) is 3.03. The van der Waals surface area contributed by atoms with Crippen LogP contribution in [0.2, 0.25) is 0 Å². The van der Waals surface area contributed by atoms with Gasteiger partial charge in [-0.25, -0.2) is 4.79 Å². The number of carbonyl (C=O) groups excluding carboxylic acids is 2. The Hall–Kier alpha value is -2.80. The fraction of sp³-hybridized carbons (Fsp3) is 0. The lowest BCUT2D eigenvalue weighted by Gasteiger charge is -2.23. The molecular formula is C16H14BrN3O3. The molecule has 2 aromatic rings. The highest BCUT2D eigenvalue weighted by atomic mass is 79.9.